The number of rotatable bonds is 4. The Labute approximate surface area is 129 Å². The number of nitrogens with zero attached hydrogens (tertiary/aromatic N) is 2. The van der Waals surface area contributed by atoms with Gasteiger partial charge < -0.3 is 10.1 Å². The Balaban J connectivity index is 2.07. The second-order valence-corrected chi connectivity index (χ2v) is 5.88. The molecular formula is C18H19N3O. The molecule has 0 atom stereocenters. The molecule has 22 heavy (non-hydrogen) atoms. The van der Waals surface area contributed by atoms with Gasteiger partial charge >= 0.3 is 0 Å². The highest BCUT2D eigenvalue weighted by Gasteiger charge is 2.14. The Morgan fingerprint density at radius 3 is 2.55 bits per heavy atom. The highest BCUT2D eigenvalue weighted by atomic mass is 16.1. The van der Waals surface area contributed by atoms with E-state index >= 15 is 0 Å². The number of carbonyl (C=O) groups excluding carboxylic acids is 1. The fraction of sp³-hybridized carbons (Fsp3) is 0.222. The number of imidazole rings is 1. The van der Waals surface area contributed by atoms with Gasteiger partial charge in [-0.15, -0.1) is 0 Å². The molecule has 0 unspecified atom stereocenters. The van der Waals surface area contributed by atoms with Crippen LogP contribution in [0.1, 0.15) is 35.5 Å². The van der Waals surface area contributed by atoms with Gasteiger partial charge in [-0.25, -0.2) is 4.98 Å². The summed E-state index contributed by atoms with van der Waals surface area (Å²) in [7, 11) is 0. The SMILES string of the molecule is CC(C)Cc1c(N)nc2ccc(C(=O)c3ccccc3)cn12. The summed E-state index contributed by atoms with van der Waals surface area (Å²) in [6.45, 7) is 4.27. The first-order valence-corrected chi connectivity index (χ1v) is 7.42. The maximum Gasteiger partial charge on any atom is 0.194 e. The van der Waals surface area contributed by atoms with E-state index in [0.717, 1.165) is 17.8 Å². The van der Waals surface area contributed by atoms with Crippen LogP contribution in [0.4, 0.5) is 5.82 Å². The van der Waals surface area contributed by atoms with E-state index in [1.54, 1.807) is 6.07 Å². The molecule has 0 saturated heterocycles. The van der Waals surface area contributed by atoms with Crippen LogP contribution in [0.5, 0.6) is 0 Å². The summed E-state index contributed by atoms with van der Waals surface area (Å²) in [4.78, 5) is 16.9. The van der Waals surface area contributed by atoms with E-state index in [9.17, 15) is 4.79 Å². The molecule has 0 saturated carbocycles. The second-order valence-electron chi connectivity index (χ2n) is 5.88. The van der Waals surface area contributed by atoms with E-state index in [4.69, 9.17) is 5.73 Å². The fourth-order valence-corrected chi connectivity index (χ4v) is 2.59. The van der Waals surface area contributed by atoms with E-state index in [1.807, 2.05) is 47.0 Å². The van der Waals surface area contributed by atoms with Crippen molar-refractivity contribution >= 4 is 17.2 Å². The molecule has 1 aromatic carbocycles. The van der Waals surface area contributed by atoms with Crippen molar-refractivity contribution < 1.29 is 4.79 Å². The Morgan fingerprint density at radius 1 is 1.14 bits per heavy atom. The van der Waals surface area contributed by atoms with Crippen LogP contribution in [0.2, 0.25) is 0 Å². The normalized spacial score (nSPS) is 11.2. The average Bonchev–Trinajstić information content (AvgIpc) is 2.82. The van der Waals surface area contributed by atoms with Gasteiger partial charge in [0.05, 0.1) is 5.69 Å². The molecule has 0 aliphatic carbocycles. The topological polar surface area (TPSA) is 60.4 Å². The number of aromatic nitrogens is 2. The molecule has 0 amide bonds. The summed E-state index contributed by atoms with van der Waals surface area (Å²) < 4.78 is 1.94. The van der Waals surface area contributed by atoms with Gasteiger partial charge in [-0.3, -0.25) is 4.79 Å². The van der Waals surface area contributed by atoms with Crippen molar-refractivity contribution in [3.63, 3.8) is 0 Å². The largest absolute Gasteiger partial charge is 0.382 e. The van der Waals surface area contributed by atoms with Crippen molar-refractivity contribution in [3.8, 4) is 0 Å². The van der Waals surface area contributed by atoms with Gasteiger partial charge in [-0.1, -0.05) is 44.2 Å². The third-order valence-corrected chi connectivity index (χ3v) is 3.65. The molecule has 4 heteroatoms. The van der Waals surface area contributed by atoms with Crippen LogP contribution in [-0.4, -0.2) is 15.2 Å². The molecule has 112 valence electrons. The molecule has 4 nitrogen and oxygen atoms in total. The monoisotopic (exact) mass is 293 g/mol. The maximum atomic E-state index is 12.6. The molecule has 0 aliphatic heterocycles. The van der Waals surface area contributed by atoms with Crippen LogP contribution in [-0.2, 0) is 6.42 Å². The maximum absolute atomic E-state index is 12.6. The molecule has 3 aromatic rings. The Morgan fingerprint density at radius 2 is 1.86 bits per heavy atom. The predicted molar refractivity (Wildman–Crippen MR) is 88.0 cm³/mol. The van der Waals surface area contributed by atoms with Crippen LogP contribution < -0.4 is 5.73 Å². The number of nitrogen functional groups attached to an aromatic ring is 1. The zero-order valence-electron chi connectivity index (χ0n) is 12.8. The van der Waals surface area contributed by atoms with Crippen molar-refractivity contribution in [2.24, 2.45) is 5.92 Å². The second kappa shape index (κ2) is 5.64. The van der Waals surface area contributed by atoms with Crippen molar-refractivity contribution in [2.45, 2.75) is 20.3 Å². The third-order valence-electron chi connectivity index (χ3n) is 3.65. The van der Waals surface area contributed by atoms with Crippen LogP contribution in [0, 0.1) is 5.92 Å². The average molecular weight is 293 g/mol. The van der Waals surface area contributed by atoms with Gasteiger partial charge in [0.25, 0.3) is 0 Å². The van der Waals surface area contributed by atoms with Crippen molar-refractivity contribution in [1.82, 2.24) is 9.38 Å². The molecule has 3 rings (SSSR count). The molecule has 2 heterocycles. The van der Waals surface area contributed by atoms with Crippen molar-refractivity contribution in [3.05, 3.63) is 65.5 Å². The highest BCUT2D eigenvalue weighted by molar-refractivity contribution is 6.08. The van der Waals surface area contributed by atoms with Gasteiger partial charge in [0.1, 0.15) is 11.5 Å². The summed E-state index contributed by atoms with van der Waals surface area (Å²) in [6, 6.07) is 12.9. The van der Waals surface area contributed by atoms with Gasteiger partial charge in [0.2, 0.25) is 0 Å². The zero-order valence-corrected chi connectivity index (χ0v) is 12.8. The van der Waals surface area contributed by atoms with E-state index < -0.39 is 0 Å². The van der Waals surface area contributed by atoms with E-state index in [-0.39, 0.29) is 5.78 Å². The molecule has 0 bridgehead atoms. The van der Waals surface area contributed by atoms with E-state index in [2.05, 4.69) is 18.8 Å². The third kappa shape index (κ3) is 2.60. The quantitative estimate of drug-likeness (QED) is 0.750. The van der Waals surface area contributed by atoms with Crippen LogP contribution in [0.25, 0.3) is 5.65 Å². The molecule has 2 aromatic heterocycles. The number of benzene rings is 1. The Bertz CT molecular complexity index is 819. The lowest BCUT2D eigenvalue weighted by atomic mass is 10.0. The zero-order chi connectivity index (χ0) is 15.7. The molecule has 0 spiro atoms. The lowest BCUT2D eigenvalue weighted by molar-refractivity contribution is 0.103. The molecule has 0 aliphatic rings. The Hall–Kier alpha value is -2.62. The molecule has 2 N–H and O–H groups in total. The number of fused-ring (bicyclic) bond motifs is 1. The smallest absolute Gasteiger partial charge is 0.194 e. The van der Waals surface area contributed by atoms with Crippen molar-refractivity contribution in [1.29, 1.82) is 0 Å². The predicted octanol–water partition coefficient (Wildman–Crippen LogP) is 3.35. The minimum Gasteiger partial charge on any atom is -0.382 e. The number of pyridine rings is 1. The first-order chi connectivity index (χ1) is 10.6. The molecular weight excluding hydrogens is 274 g/mol. The number of hydrogen-bond acceptors (Lipinski definition) is 3. The number of carbonyl (C=O) groups is 1. The minimum atomic E-state index is 0.00488. The fourth-order valence-electron chi connectivity index (χ4n) is 2.59. The van der Waals surface area contributed by atoms with Crippen LogP contribution >= 0.6 is 0 Å². The Kier molecular flexibility index (Phi) is 3.67. The van der Waals surface area contributed by atoms with Gasteiger partial charge in [-0.2, -0.15) is 0 Å². The van der Waals surface area contributed by atoms with Gasteiger partial charge in [-0.05, 0) is 24.5 Å². The first-order valence-electron chi connectivity index (χ1n) is 7.42. The summed E-state index contributed by atoms with van der Waals surface area (Å²) in [5.41, 5.74) is 9.08. The number of anilines is 1. The summed E-state index contributed by atoms with van der Waals surface area (Å²) in [5.74, 6) is 1.01. The standard InChI is InChI=1S/C18H19N3O/c1-12(2)10-15-18(19)20-16-9-8-14(11-21(15)16)17(22)13-6-4-3-5-7-13/h3-9,11-12H,10,19H2,1-2H3. The highest BCUT2D eigenvalue weighted by Crippen LogP contribution is 2.20. The summed E-state index contributed by atoms with van der Waals surface area (Å²) in [6.07, 6.45) is 2.67. The first kappa shape index (κ1) is 14.3. The summed E-state index contributed by atoms with van der Waals surface area (Å²) in [5, 5.41) is 0. The lowest BCUT2D eigenvalue weighted by Gasteiger charge is -2.07. The minimum absolute atomic E-state index is 0.00488. The number of ketones is 1. The molecule has 0 radical (unpaired) electrons. The van der Waals surface area contributed by atoms with Crippen LogP contribution in [0.15, 0.2) is 48.7 Å². The number of nitrogens with two attached hydrogens (primary N) is 1. The molecule has 0 fully saturated rings. The number of hydrogen-bond donors (Lipinski definition) is 1. The van der Waals surface area contributed by atoms with Gasteiger partial charge in [0, 0.05) is 17.3 Å². The summed E-state index contributed by atoms with van der Waals surface area (Å²) >= 11 is 0. The van der Waals surface area contributed by atoms with E-state index in [0.29, 0.717) is 22.9 Å². The van der Waals surface area contributed by atoms with Crippen LogP contribution in [0.3, 0.4) is 0 Å². The van der Waals surface area contributed by atoms with E-state index in [1.165, 1.54) is 0 Å². The lowest BCUT2D eigenvalue weighted by Crippen LogP contribution is -2.05. The van der Waals surface area contributed by atoms with Crippen molar-refractivity contribution in [2.75, 3.05) is 5.73 Å². The van der Waals surface area contributed by atoms with Gasteiger partial charge in [0.15, 0.2) is 5.78 Å².